The van der Waals surface area contributed by atoms with Crippen LogP contribution in [0.25, 0.3) is 22.9 Å². The third kappa shape index (κ3) is 3.57. The minimum absolute atomic E-state index is 0.0527. The molecule has 6 nitrogen and oxygen atoms in total. The van der Waals surface area contributed by atoms with Crippen molar-refractivity contribution in [3.8, 4) is 28.6 Å². The predicted molar refractivity (Wildman–Crippen MR) is 104 cm³/mol. The molecule has 2 aromatic carbocycles. The lowest BCUT2D eigenvalue weighted by Crippen LogP contribution is -2.20. The standard InChI is InChI=1S/C21H15F3N4O2/c1-30-17-13-28(16-9-5-8-15(12-16)21(22,23)24)26-20(18(17)29)27-11-10-25-19(27)14-6-3-2-4-7-14/h2-13H,1H3. The fourth-order valence-corrected chi connectivity index (χ4v) is 2.99. The van der Waals surface area contributed by atoms with E-state index in [1.807, 2.05) is 30.3 Å². The molecule has 4 rings (SSSR count). The molecule has 0 saturated carbocycles. The highest BCUT2D eigenvalue weighted by molar-refractivity contribution is 5.58. The topological polar surface area (TPSA) is 61.9 Å². The van der Waals surface area contributed by atoms with Crippen LogP contribution in [-0.4, -0.2) is 26.4 Å². The third-order valence-electron chi connectivity index (χ3n) is 4.43. The highest BCUT2D eigenvalue weighted by Crippen LogP contribution is 2.30. The summed E-state index contributed by atoms with van der Waals surface area (Å²) in [7, 11) is 1.31. The molecule has 4 aromatic rings. The van der Waals surface area contributed by atoms with Gasteiger partial charge < -0.3 is 4.74 Å². The van der Waals surface area contributed by atoms with E-state index in [0.717, 1.165) is 17.7 Å². The van der Waals surface area contributed by atoms with Gasteiger partial charge in [0.1, 0.15) is 5.82 Å². The Hall–Kier alpha value is -3.88. The number of rotatable bonds is 4. The Balaban J connectivity index is 1.91. The summed E-state index contributed by atoms with van der Waals surface area (Å²) in [5.41, 5.74) is -0.465. The van der Waals surface area contributed by atoms with E-state index < -0.39 is 17.2 Å². The molecule has 2 aromatic heterocycles. The van der Waals surface area contributed by atoms with E-state index in [1.54, 1.807) is 6.20 Å². The van der Waals surface area contributed by atoms with Crippen LogP contribution >= 0.6 is 0 Å². The molecule has 152 valence electrons. The zero-order valence-electron chi connectivity index (χ0n) is 15.7. The summed E-state index contributed by atoms with van der Waals surface area (Å²) in [6.45, 7) is 0. The van der Waals surface area contributed by atoms with E-state index in [4.69, 9.17) is 4.74 Å². The summed E-state index contributed by atoms with van der Waals surface area (Å²) in [5, 5.41) is 4.28. The second-order valence-electron chi connectivity index (χ2n) is 6.33. The molecule has 0 fully saturated rings. The Labute approximate surface area is 168 Å². The van der Waals surface area contributed by atoms with Crippen LogP contribution in [0.15, 0.2) is 78.0 Å². The number of hydrogen-bond acceptors (Lipinski definition) is 4. The third-order valence-corrected chi connectivity index (χ3v) is 4.43. The van der Waals surface area contributed by atoms with Crippen molar-refractivity contribution < 1.29 is 17.9 Å². The van der Waals surface area contributed by atoms with Gasteiger partial charge in [-0.25, -0.2) is 9.67 Å². The molecule has 0 amide bonds. The molecule has 0 bridgehead atoms. The normalized spacial score (nSPS) is 11.5. The number of imidazole rings is 1. The van der Waals surface area contributed by atoms with Crippen LogP contribution in [0.2, 0.25) is 0 Å². The lowest BCUT2D eigenvalue weighted by Gasteiger charge is -2.14. The second-order valence-corrected chi connectivity index (χ2v) is 6.33. The highest BCUT2D eigenvalue weighted by atomic mass is 19.4. The molecular weight excluding hydrogens is 397 g/mol. The first-order valence-electron chi connectivity index (χ1n) is 8.83. The molecule has 0 aliphatic carbocycles. The smallest absolute Gasteiger partial charge is 0.416 e. The first kappa shape index (κ1) is 19.4. The Morgan fingerprint density at radius 2 is 1.80 bits per heavy atom. The number of nitrogens with zero attached hydrogens (tertiary/aromatic N) is 4. The van der Waals surface area contributed by atoms with Gasteiger partial charge >= 0.3 is 6.18 Å². The molecule has 0 unspecified atom stereocenters. The SMILES string of the molecule is COc1cn(-c2cccc(C(F)(F)F)c2)nc(-n2ccnc2-c2ccccc2)c1=O. The second kappa shape index (κ2) is 7.51. The fraction of sp³-hybridized carbons (Fsp3) is 0.0952. The average molecular weight is 412 g/mol. The molecule has 0 aliphatic rings. The van der Waals surface area contributed by atoms with Crippen LogP contribution in [0.1, 0.15) is 5.56 Å². The summed E-state index contributed by atoms with van der Waals surface area (Å²) in [5.74, 6) is 0.345. The maximum atomic E-state index is 13.1. The Morgan fingerprint density at radius 3 is 2.50 bits per heavy atom. The minimum Gasteiger partial charge on any atom is -0.491 e. The molecule has 0 spiro atoms. The summed E-state index contributed by atoms with van der Waals surface area (Å²) >= 11 is 0. The van der Waals surface area contributed by atoms with Gasteiger partial charge in [0.2, 0.25) is 5.82 Å². The van der Waals surface area contributed by atoms with Crippen molar-refractivity contribution >= 4 is 0 Å². The van der Waals surface area contributed by atoms with Gasteiger partial charge in [0.05, 0.1) is 24.6 Å². The number of aromatic nitrogens is 4. The Kier molecular flexibility index (Phi) is 4.86. The van der Waals surface area contributed by atoms with Gasteiger partial charge in [-0.2, -0.15) is 13.2 Å². The molecule has 30 heavy (non-hydrogen) atoms. The Bertz CT molecular complexity index is 1250. The zero-order chi connectivity index (χ0) is 21.3. The first-order chi connectivity index (χ1) is 14.4. The van der Waals surface area contributed by atoms with E-state index in [9.17, 15) is 18.0 Å². The molecule has 0 saturated heterocycles. The van der Waals surface area contributed by atoms with Crippen LogP contribution in [0.5, 0.6) is 5.75 Å². The zero-order valence-corrected chi connectivity index (χ0v) is 15.7. The van der Waals surface area contributed by atoms with E-state index >= 15 is 0 Å². The van der Waals surface area contributed by atoms with Crippen molar-refractivity contribution in [3.63, 3.8) is 0 Å². The van der Waals surface area contributed by atoms with Crippen LogP contribution < -0.4 is 10.2 Å². The van der Waals surface area contributed by atoms with Gasteiger partial charge in [-0.1, -0.05) is 36.4 Å². The lowest BCUT2D eigenvalue weighted by molar-refractivity contribution is -0.137. The summed E-state index contributed by atoms with van der Waals surface area (Å²) in [6, 6.07) is 13.8. The van der Waals surface area contributed by atoms with Gasteiger partial charge in [-0.15, -0.1) is 5.10 Å². The van der Waals surface area contributed by atoms with E-state index in [2.05, 4.69) is 10.1 Å². The highest BCUT2D eigenvalue weighted by Gasteiger charge is 2.30. The molecule has 0 aliphatic heterocycles. The molecule has 0 radical (unpaired) electrons. The van der Waals surface area contributed by atoms with Crippen molar-refractivity contribution in [1.29, 1.82) is 0 Å². The number of benzene rings is 2. The number of ether oxygens (including phenoxy) is 1. The van der Waals surface area contributed by atoms with Gasteiger partial charge in [0, 0.05) is 18.0 Å². The van der Waals surface area contributed by atoms with E-state index in [0.29, 0.717) is 5.82 Å². The van der Waals surface area contributed by atoms with Crippen molar-refractivity contribution in [3.05, 3.63) is 89.0 Å². The number of methoxy groups -OCH3 is 1. The maximum absolute atomic E-state index is 13.1. The minimum atomic E-state index is -4.51. The molecular formula is C21H15F3N4O2. The summed E-state index contributed by atoms with van der Waals surface area (Å²) in [6.07, 6.45) is -0.188. The van der Waals surface area contributed by atoms with Crippen molar-refractivity contribution in [2.45, 2.75) is 6.18 Å². The van der Waals surface area contributed by atoms with Gasteiger partial charge in [-0.3, -0.25) is 9.36 Å². The van der Waals surface area contributed by atoms with Crippen LogP contribution in [0.4, 0.5) is 13.2 Å². The maximum Gasteiger partial charge on any atom is 0.416 e. The molecule has 9 heteroatoms. The number of hydrogen-bond donors (Lipinski definition) is 0. The van der Waals surface area contributed by atoms with Crippen molar-refractivity contribution in [2.75, 3.05) is 7.11 Å². The van der Waals surface area contributed by atoms with Crippen LogP contribution in [-0.2, 0) is 6.18 Å². The molecule has 0 N–H and O–H groups in total. The monoisotopic (exact) mass is 412 g/mol. The van der Waals surface area contributed by atoms with E-state index in [-0.39, 0.29) is 17.3 Å². The predicted octanol–water partition coefficient (Wildman–Crippen LogP) is 4.11. The fourth-order valence-electron chi connectivity index (χ4n) is 2.99. The Morgan fingerprint density at radius 1 is 1.03 bits per heavy atom. The van der Waals surface area contributed by atoms with Gasteiger partial charge in [0.15, 0.2) is 5.75 Å². The quantitative estimate of drug-likeness (QED) is 0.506. The largest absolute Gasteiger partial charge is 0.491 e. The van der Waals surface area contributed by atoms with Crippen molar-refractivity contribution in [2.24, 2.45) is 0 Å². The lowest BCUT2D eigenvalue weighted by atomic mass is 10.2. The van der Waals surface area contributed by atoms with Crippen LogP contribution in [0, 0.1) is 0 Å². The molecule has 2 heterocycles. The number of halogens is 3. The van der Waals surface area contributed by atoms with E-state index in [1.165, 1.54) is 40.9 Å². The summed E-state index contributed by atoms with van der Waals surface area (Å²) < 4.78 is 47.2. The summed E-state index contributed by atoms with van der Waals surface area (Å²) in [4.78, 5) is 17.2. The van der Waals surface area contributed by atoms with Crippen LogP contribution in [0.3, 0.4) is 0 Å². The number of alkyl halides is 3. The van der Waals surface area contributed by atoms with Crippen molar-refractivity contribution in [1.82, 2.24) is 19.3 Å². The van der Waals surface area contributed by atoms with Gasteiger partial charge in [0.25, 0.3) is 5.43 Å². The van der Waals surface area contributed by atoms with Gasteiger partial charge in [-0.05, 0) is 18.2 Å². The molecule has 0 atom stereocenters. The first-order valence-corrected chi connectivity index (χ1v) is 8.83. The average Bonchev–Trinajstić information content (AvgIpc) is 3.24.